The highest BCUT2D eigenvalue weighted by Gasteiger charge is 2.32. The van der Waals surface area contributed by atoms with Crippen LogP contribution < -0.4 is 0 Å². The first kappa shape index (κ1) is 18.3. The lowest BCUT2D eigenvalue weighted by molar-refractivity contribution is 0.0704. The molecule has 0 amide bonds. The minimum Gasteiger partial charge on any atom is -0.462 e. The highest BCUT2D eigenvalue weighted by Crippen LogP contribution is 2.30. The Morgan fingerprint density at radius 1 is 1.00 bits per heavy atom. The maximum Gasteiger partial charge on any atom is 0.229 e. The SMILES string of the molecule is C1=C(C(Cc2ccccc2)Cc2ccccc2C2=NCC3CCCCN23)OCO1. The highest BCUT2D eigenvalue weighted by molar-refractivity contribution is 6.01. The molecular formula is C25H28N2O2. The van der Waals surface area contributed by atoms with E-state index >= 15 is 0 Å². The van der Waals surface area contributed by atoms with Crippen molar-refractivity contribution < 1.29 is 9.47 Å². The molecule has 3 aliphatic heterocycles. The average molecular weight is 389 g/mol. The van der Waals surface area contributed by atoms with Crippen LogP contribution in [0.2, 0.25) is 0 Å². The van der Waals surface area contributed by atoms with Gasteiger partial charge in [-0.2, -0.15) is 0 Å². The lowest BCUT2D eigenvalue weighted by Gasteiger charge is -2.33. The van der Waals surface area contributed by atoms with E-state index in [4.69, 9.17) is 14.5 Å². The Balaban J connectivity index is 1.42. The van der Waals surface area contributed by atoms with Gasteiger partial charge >= 0.3 is 0 Å². The van der Waals surface area contributed by atoms with Gasteiger partial charge in [0, 0.05) is 18.0 Å². The van der Waals surface area contributed by atoms with Crippen LogP contribution in [-0.2, 0) is 22.3 Å². The zero-order valence-corrected chi connectivity index (χ0v) is 16.8. The van der Waals surface area contributed by atoms with E-state index in [9.17, 15) is 0 Å². The van der Waals surface area contributed by atoms with Crippen LogP contribution in [0.3, 0.4) is 0 Å². The summed E-state index contributed by atoms with van der Waals surface area (Å²) in [5, 5.41) is 0. The molecule has 150 valence electrons. The normalized spacial score (nSPS) is 21.7. The third-order valence-electron chi connectivity index (χ3n) is 6.30. The summed E-state index contributed by atoms with van der Waals surface area (Å²) in [6.45, 7) is 2.40. The molecule has 1 saturated heterocycles. The zero-order valence-electron chi connectivity index (χ0n) is 16.8. The van der Waals surface area contributed by atoms with Crippen molar-refractivity contribution in [3.63, 3.8) is 0 Å². The van der Waals surface area contributed by atoms with E-state index in [1.807, 2.05) is 0 Å². The summed E-state index contributed by atoms with van der Waals surface area (Å²) in [6, 6.07) is 20.0. The minimum atomic E-state index is 0.250. The minimum absolute atomic E-state index is 0.250. The Labute approximate surface area is 172 Å². The lowest BCUT2D eigenvalue weighted by Crippen LogP contribution is -2.41. The van der Waals surface area contributed by atoms with Crippen molar-refractivity contribution in [1.29, 1.82) is 0 Å². The van der Waals surface area contributed by atoms with E-state index in [2.05, 4.69) is 59.5 Å². The van der Waals surface area contributed by atoms with Gasteiger partial charge in [-0.3, -0.25) is 4.99 Å². The van der Waals surface area contributed by atoms with Gasteiger partial charge in [-0.25, -0.2) is 0 Å². The predicted octanol–water partition coefficient (Wildman–Crippen LogP) is 4.55. The molecular weight excluding hydrogens is 360 g/mol. The van der Waals surface area contributed by atoms with Crippen LogP contribution in [0.15, 0.2) is 71.6 Å². The van der Waals surface area contributed by atoms with Crippen LogP contribution in [0.5, 0.6) is 0 Å². The summed E-state index contributed by atoms with van der Waals surface area (Å²) in [5.74, 6) is 2.40. The van der Waals surface area contributed by atoms with E-state index in [-0.39, 0.29) is 5.92 Å². The quantitative estimate of drug-likeness (QED) is 0.728. The van der Waals surface area contributed by atoms with Gasteiger partial charge in [-0.15, -0.1) is 0 Å². The number of allylic oxidation sites excluding steroid dienone is 1. The Morgan fingerprint density at radius 2 is 1.86 bits per heavy atom. The molecule has 0 radical (unpaired) electrons. The van der Waals surface area contributed by atoms with E-state index in [1.54, 1.807) is 6.26 Å². The van der Waals surface area contributed by atoms with E-state index in [0.29, 0.717) is 12.8 Å². The topological polar surface area (TPSA) is 34.1 Å². The second-order valence-electron chi connectivity index (χ2n) is 8.20. The van der Waals surface area contributed by atoms with Gasteiger partial charge in [0.15, 0.2) is 0 Å². The summed E-state index contributed by atoms with van der Waals surface area (Å²) in [4.78, 5) is 7.52. The Bertz CT molecular complexity index is 906. The lowest BCUT2D eigenvalue weighted by atomic mass is 9.88. The largest absolute Gasteiger partial charge is 0.462 e. The number of fused-ring (bicyclic) bond motifs is 1. The average Bonchev–Trinajstić information content (AvgIpc) is 3.45. The molecule has 1 fully saturated rings. The first-order valence-corrected chi connectivity index (χ1v) is 10.8. The van der Waals surface area contributed by atoms with Crippen LogP contribution in [0.4, 0.5) is 0 Å². The molecule has 2 atom stereocenters. The Morgan fingerprint density at radius 3 is 2.72 bits per heavy atom. The molecule has 0 saturated carbocycles. The molecule has 3 heterocycles. The highest BCUT2D eigenvalue weighted by atomic mass is 16.7. The molecule has 0 spiro atoms. The van der Waals surface area contributed by atoms with Crippen LogP contribution in [0, 0.1) is 5.92 Å². The molecule has 0 aliphatic carbocycles. The molecule has 0 bridgehead atoms. The van der Waals surface area contributed by atoms with Crippen molar-refractivity contribution in [2.45, 2.75) is 38.1 Å². The second kappa shape index (κ2) is 8.32. The number of rotatable bonds is 6. The number of piperidine rings is 1. The number of hydrogen-bond acceptors (Lipinski definition) is 4. The maximum atomic E-state index is 5.81. The summed E-state index contributed by atoms with van der Waals surface area (Å²) in [7, 11) is 0. The molecule has 2 aromatic carbocycles. The summed E-state index contributed by atoms with van der Waals surface area (Å²) in [6.07, 6.45) is 7.51. The fraction of sp³-hybridized carbons (Fsp3) is 0.400. The van der Waals surface area contributed by atoms with Gasteiger partial charge in [-0.05, 0) is 43.2 Å². The fourth-order valence-electron chi connectivity index (χ4n) is 4.81. The number of aliphatic imine (C=N–C) groups is 1. The molecule has 2 aromatic rings. The molecule has 2 unspecified atom stereocenters. The Hall–Kier alpha value is -2.75. The molecule has 3 aliphatic rings. The number of benzene rings is 2. The van der Waals surface area contributed by atoms with Crippen molar-refractivity contribution in [2.24, 2.45) is 10.9 Å². The molecule has 0 aromatic heterocycles. The maximum absolute atomic E-state index is 5.81. The number of ether oxygens (including phenoxy) is 2. The molecule has 29 heavy (non-hydrogen) atoms. The fourth-order valence-corrected chi connectivity index (χ4v) is 4.81. The van der Waals surface area contributed by atoms with E-state index in [1.165, 1.54) is 41.8 Å². The third kappa shape index (κ3) is 3.89. The summed E-state index contributed by atoms with van der Waals surface area (Å²) >= 11 is 0. The molecule has 0 N–H and O–H groups in total. The Kier molecular flexibility index (Phi) is 5.25. The van der Waals surface area contributed by atoms with Crippen molar-refractivity contribution >= 4 is 5.84 Å². The van der Waals surface area contributed by atoms with Crippen molar-refractivity contribution in [3.05, 3.63) is 83.3 Å². The van der Waals surface area contributed by atoms with Crippen molar-refractivity contribution in [2.75, 3.05) is 19.9 Å². The summed E-state index contributed by atoms with van der Waals surface area (Å²) in [5.41, 5.74) is 3.95. The number of hydrogen-bond donors (Lipinski definition) is 0. The molecule has 4 heteroatoms. The monoisotopic (exact) mass is 388 g/mol. The van der Waals surface area contributed by atoms with Gasteiger partial charge in [0.05, 0.1) is 12.6 Å². The molecule has 5 rings (SSSR count). The smallest absolute Gasteiger partial charge is 0.229 e. The van der Waals surface area contributed by atoms with E-state index < -0.39 is 0 Å². The molecule has 4 nitrogen and oxygen atoms in total. The predicted molar refractivity (Wildman–Crippen MR) is 115 cm³/mol. The first-order chi connectivity index (χ1) is 14.4. The van der Waals surface area contributed by atoms with Gasteiger partial charge in [0.1, 0.15) is 17.9 Å². The van der Waals surface area contributed by atoms with Crippen LogP contribution in [0.1, 0.15) is 36.0 Å². The zero-order chi connectivity index (χ0) is 19.5. The number of amidine groups is 1. The van der Waals surface area contributed by atoms with E-state index in [0.717, 1.165) is 31.7 Å². The van der Waals surface area contributed by atoms with Crippen LogP contribution in [0.25, 0.3) is 0 Å². The second-order valence-corrected chi connectivity index (χ2v) is 8.20. The standard InChI is InChI=1S/C25H28N2O2/c1-2-8-19(9-3-1)14-21(24-17-28-18-29-24)15-20-10-4-5-12-23(20)25-26-16-22-11-6-7-13-27(22)25/h1-5,8-10,12,17,21-22H,6-7,11,13-16,18H2. The van der Waals surface area contributed by atoms with Crippen LogP contribution >= 0.6 is 0 Å². The number of nitrogens with zero attached hydrogens (tertiary/aromatic N) is 2. The summed E-state index contributed by atoms with van der Waals surface area (Å²) < 4.78 is 11.2. The van der Waals surface area contributed by atoms with Gasteiger partial charge in [0.2, 0.25) is 6.79 Å². The van der Waals surface area contributed by atoms with Crippen molar-refractivity contribution in [3.8, 4) is 0 Å². The third-order valence-corrected chi connectivity index (χ3v) is 6.30. The van der Waals surface area contributed by atoms with Crippen LogP contribution in [-0.4, -0.2) is 36.7 Å². The van der Waals surface area contributed by atoms with Gasteiger partial charge < -0.3 is 14.4 Å². The first-order valence-electron chi connectivity index (χ1n) is 10.8. The van der Waals surface area contributed by atoms with Gasteiger partial charge in [0.25, 0.3) is 0 Å². The van der Waals surface area contributed by atoms with Crippen molar-refractivity contribution in [1.82, 2.24) is 4.90 Å². The van der Waals surface area contributed by atoms with Gasteiger partial charge in [-0.1, -0.05) is 54.6 Å².